The number of fused-ring (bicyclic) bond motifs is 1. The first kappa shape index (κ1) is 16.1. The molecular formula is C20H18N2O4. The van der Waals surface area contributed by atoms with Crippen LogP contribution in [0.15, 0.2) is 53.2 Å². The second kappa shape index (κ2) is 6.48. The molecule has 1 aromatic carbocycles. The largest absolute Gasteiger partial charge is 0.493 e. The summed E-state index contributed by atoms with van der Waals surface area (Å²) in [6.07, 6.45) is 3.65. The van der Waals surface area contributed by atoms with Gasteiger partial charge in [-0.15, -0.1) is 0 Å². The van der Waals surface area contributed by atoms with Gasteiger partial charge in [0.1, 0.15) is 11.3 Å². The number of ether oxygens (including phenoxy) is 3. The van der Waals surface area contributed by atoms with Gasteiger partial charge < -0.3 is 23.6 Å². The topological polar surface area (TPSA) is 69.5 Å². The fraction of sp³-hybridized carbons (Fsp3) is 0.150. The van der Waals surface area contributed by atoms with Crippen molar-refractivity contribution in [2.75, 3.05) is 21.3 Å². The van der Waals surface area contributed by atoms with E-state index in [-0.39, 0.29) is 0 Å². The minimum atomic E-state index is 0.542. The smallest absolute Gasteiger partial charge is 0.203 e. The van der Waals surface area contributed by atoms with Crippen molar-refractivity contribution in [3.8, 4) is 39.8 Å². The number of aromatic nitrogens is 2. The summed E-state index contributed by atoms with van der Waals surface area (Å²) in [6.45, 7) is 0. The lowest BCUT2D eigenvalue weighted by molar-refractivity contribution is 0.324. The molecule has 6 nitrogen and oxygen atoms in total. The number of hydrogen-bond acceptors (Lipinski definition) is 5. The molecule has 0 saturated heterocycles. The highest BCUT2D eigenvalue weighted by Gasteiger charge is 2.18. The molecule has 3 aromatic heterocycles. The van der Waals surface area contributed by atoms with Gasteiger partial charge in [0, 0.05) is 35.3 Å². The van der Waals surface area contributed by atoms with Crippen LogP contribution in [0.3, 0.4) is 0 Å². The molecule has 1 N–H and O–H groups in total. The third-order valence-corrected chi connectivity index (χ3v) is 4.25. The van der Waals surface area contributed by atoms with Gasteiger partial charge in [-0.2, -0.15) is 0 Å². The Morgan fingerprint density at radius 3 is 2.35 bits per heavy atom. The van der Waals surface area contributed by atoms with Crippen LogP contribution in [0.1, 0.15) is 0 Å². The summed E-state index contributed by atoms with van der Waals surface area (Å²) in [6, 6.07) is 11.5. The highest BCUT2D eigenvalue weighted by Crippen LogP contribution is 2.42. The molecule has 4 rings (SSSR count). The van der Waals surface area contributed by atoms with Gasteiger partial charge >= 0.3 is 0 Å². The Kier molecular flexibility index (Phi) is 4.01. The quantitative estimate of drug-likeness (QED) is 0.573. The van der Waals surface area contributed by atoms with Gasteiger partial charge in [-0.1, -0.05) is 0 Å². The van der Waals surface area contributed by atoms with Crippen molar-refractivity contribution in [3.05, 3.63) is 48.8 Å². The predicted molar refractivity (Wildman–Crippen MR) is 98.9 cm³/mol. The Bertz CT molecular complexity index is 1030. The van der Waals surface area contributed by atoms with Crippen LogP contribution in [0.2, 0.25) is 0 Å². The fourth-order valence-corrected chi connectivity index (χ4v) is 3.01. The molecule has 0 unspecified atom stereocenters. The van der Waals surface area contributed by atoms with E-state index in [1.807, 2.05) is 42.6 Å². The Labute approximate surface area is 150 Å². The summed E-state index contributed by atoms with van der Waals surface area (Å²) >= 11 is 0. The SMILES string of the molecule is COc1cc(-c2cc3nccc(-c4ccc[nH]4)c3o2)cc(OC)c1OC. The molecule has 0 spiro atoms. The van der Waals surface area contributed by atoms with E-state index < -0.39 is 0 Å². The summed E-state index contributed by atoms with van der Waals surface area (Å²) in [4.78, 5) is 7.62. The molecular weight excluding hydrogens is 332 g/mol. The lowest BCUT2D eigenvalue weighted by Gasteiger charge is -2.13. The van der Waals surface area contributed by atoms with Gasteiger partial charge in [0.15, 0.2) is 17.1 Å². The summed E-state index contributed by atoms with van der Waals surface area (Å²) in [5.41, 5.74) is 4.25. The van der Waals surface area contributed by atoms with E-state index in [0.717, 1.165) is 27.9 Å². The van der Waals surface area contributed by atoms with Gasteiger partial charge in [-0.25, -0.2) is 0 Å². The van der Waals surface area contributed by atoms with Crippen LogP contribution in [0.4, 0.5) is 0 Å². The molecule has 0 atom stereocenters. The Balaban J connectivity index is 1.89. The zero-order valence-electron chi connectivity index (χ0n) is 14.7. The standard InChI is InChI=1S/C20H18N2O4/c1-23-17-9-12(10-18(24-2)20(17)25-3)16-11-15-19(26-16)13(6-8-22-15)14-5-4-7-21-14/h4-11,21H,1-3H3. The third kappa shape index (κ3) is 2.56. The number of benzene rings is 1. The normalized spacial score (nSPS) is 10.9. The maximum atomic E-state index is 6.15. The summed E-state index contributed by atoms with van der Waals surface area (Å²) in [5.74, 6) is 2.35. The van der Waals surface area contributed by atoms with Crippen LogP contribution in [-0.4, -0.2) is 31.3 Å². The molecule has 0 amide bonds. The van der Waals surface area contributed by atoms with Crippen molar-refractivity contribution in [1.29, 1.82) is 0 Å². The van der Waals surface area contributed by atoms with Crippen molar-refractivity contribution < 1.29 is 18.6 Å². The van der Waals surface area contributed by atoms with Gasteiger partial charge in [-0.3, -0.25) is 4.98 Å². The molecule has 6 heteroatoms. The third-order valence-electron chi connectivity index (χ3n) is 4.25. The van der Waals surface area contributed by atoms with Crippen molar-refractivity contribution >= 4 is 11.1 Å². The predicted octanol–water partition coefficient (Wildman–Crippen LogP) is 4.52. The molecule has 4 aromatic rings. The number of aromatic amines is 1. The number of nitrogens with zero attached hydrogens (tertiary/aromatic N) is 1. The van der Waals surface area contributed by atoms with E-state index in [9.17, 15) is 0 Å². The molecule has 0 fully saturated rings. The minimum absolute atomic E-state index is 0.542. The van der Waals surface area contributed by atoms with E-state index in [1.54, 1.807) is 27.5 Å². The molecule has 132 valence electrons. The van der Waals surface area contributed by atoms with Crippen LogP contribution >= 0.6 is 0 Å². The second-order valence-electron chi connectivity index (χ2n) is 5.68. The average Bonchev–Trinajstić information content (AvgIpc) is 3.35. The first-order valence-corrected chi connectivity index (χ1v) is 8.08. The molecule has 0 aliphatic rings. The lowest BCUT2D eigenvalue weighted by atomic mass is 10.1. The maximum Gasteiger partial charge on any atom is 0.203 e. The average molecular weight is 350 g/mol. The number of hydrogen-bond donors (Lipinski definition) is 1. The summed E-state index contributed by atoms with van der Waals surface area (Å²) in [7, 11) is 4.75. The molecule has 0 radical (unpaired) electrons. The van der Waals surface area contributed by atoms with Gasteiger partial charge in [0.2, 0.25) is 5.75 Å². The van der Waals surface area contributed by atoms with E-state index in [0.29, 0.717) is 23.0 Å². The Hall–Kier alpha value is -3.41. The van der Waals surface area contributed by atoms with Crippen LogP contribution in [-0.2, 0) is 0 Å². The Morgan fingerprint density at radius 1 is 0.962 bits per heavy atom. The highest BCUT2D eigenvalue weighted by molar-refractivity contribution is 5.91. The van der Waals surface area contributed by atoms with E-state index in [1.165, 1.54) is 0 Å². The van der Waals surface area contributed by atoms with Gasteiger partial charge in [0.05, 0.1) is 21.3 Å². The number of pyridine rings is 1. The molecule has 26 heavy (non-hydrogen) atoms. The van der Waals surface area contributed by atoms with Gasteiger partial charge in [-0.05, 0) is 30.3 Å². The Morgan fingerprint density at radius 2 is 1.73 bits per heavy atom. The van der Waals surface area contributed by atoms with Crippen molar-refractivity contribution in [1.82, 2.24) is 9.97 Å². The van der Waals surface area contributed by atoms with E-state index >= 15 is 0 Å². The zero-order valence-corrected chi connectivity index (χ0v) is 14.7. The molecule has 0 aliphatic carbocycles. The van der Waals surface area contributed by atoms with Crippen molar-refractivity contribution in [3.63, 3.8) is 0 Å². The van der Waals surface area contributed by atoms with Crippen LogP contribution < -0.4 is 14.2 Å². The lowest BCUT2D eigenvalue weighted by Crippen LogP contribution is -1.95. The molecule has 0 saturated carbocycles. The van der Waals surface area contributed by atoms with E-state index in [4.69, 9.17) is 18.6 Å². The van der Waals surface area contributed by atoms with E-state index in [2.05, 4.69) is 9.97 Å². The highest BCUT2D eigenvalue weighted by atomic mass is 16.5. The zero-order chi connectivity index (χ0) is 18.1. The minimum Gasteiger partial charge on any atom is -0.493 e. The number of furan rings is 1. The maximum absolute atomic E-state index is 6.15. The molecule has 0 aliphatic heterocycles. The second-order valence-corrected chi connectivity index (χ2v) is 5.68. The van der Waals surface area contributed by atoms with Gasteiger partial charge in [0.25, 0.3) is 0 Å². The first-order chi connectivity index (χ1) is 12.7. The van der Waals surface area contributed by atoms with Crippen LogP contribution in [0, 0.1) is 0 Å². The molecule has 3 heterocycles. The number of methoxy groups -OCH3 is 3. The van der Waals surface area contributed by atoms with Crippen molar-refractivity contribution in [2.45, 2.75) is 0 Å². The number of nitrogens with one attached hydrogen (secondary N) is 1. The monoisotopic (exact) mass is 350 g/mol. The van der Waals surface area contributed by atoms with Crippen LogP contribution in [0.25, 0.3) is 33.7 Å². The fourth-order valence-electron chi connectivity index (χ4n) is 3.01. The number of rotatable bonds is 5. The summed E-state index contributed by atoms with van der Waals surface area (Å²) < 4.78 is 22.4. The van der Waals surface area contributed by atoms with Crippen LogP contribution in [0.5, 0.6) is 17.2 Å². The van der Waals surface area contributed by atoms with Crippen molar-refractivity contribution in [2.24, 2.45) is 0 Å². The molecule has 0 bridgehead atoms. The summed E-state index contributed by atoms with van der Waals surface area (Å²) in [5, 5.41) is 0. The number of H-pyrrole nitrogens is 1. The first-order valence-electron chi connectivity index (χ1n) is 8.08.